The van der Waals surface area contributed by atoms with Gasteiger partial charge in [0.05, 0.1) is 6.61 Å². The minimum Gasteiger partial charge on any atom is -0.462 e. The Morgan fingerprint density at radius 2 is 1.19 bits per heavy atom. The van der Waals surface area contributed by atoms with Crippen LogP contribution in [0.25, 0.3) is 0 Å². The number of hydrogen-bond acceptors (Lipinski definition) is 6. The zero-order valence-electron chi connectivity index (χ0n) is 19.4. The predicted octanol–water partition coefficient (Wildman–Crippen LogP) is 5.44. The van der Waals surface area contributed by atoms with Gasteiger partial charge < -0.3 is 19.3 Å². The van der Waals surface area contributed by atoms with Gasteiger partial charge in [0.1, 0.15) is 6.61 Å². The fourth-order valence-electron chi connectivity index (χ4n) is 3.05. The van der Waals surface area contributed by atoms with Crippen molar-refractivity contribution in [3.8, 4) is 0 Å². The highest BCUT2D eigenvalue weighted by Crippen LogP contribution is 2.35. The molecule has 0 aromatic rings. The Labute approximate surface area is 187 Å². The number of phosphoric acid groups is 1. The molecule has 0 radical (unpaired) electrons. The summed E-state index contributed by atoms with van der Waals surface area (Å²) in [6.07, 6.45) is 13.9. The van der Waals surface area contributed by atoms with Gasteiger partial charge in [-0.1, -0.05) is 84.5 Å². The lowest BCUT2D eigenvalue weighted by Crippen LogP contribution is -2.29. The van der Waals surface area contributed by atoms with E-state index >= 15 is 0 Å². The van der Waals surface area contributed by atoms with Gasteiger partial charge in [-0.15, -0.1) is 0 Å². The first kappa shape index (κ1) is 30.0. The topological polar surface area (TPSA) is 119 Å². The average molecular weight is 467 g/mol. The molecule has 1 atom stereocenters. The summed E-state index contributed by atoms with van der Waals surface area (Å²) in [5, 5.41) is 0. The molecule has 9 heteroatoms. The highest BCUT2D eigenvalue weighted by molar-refractivity contribution is 7.46. The van der Waals surface area contributed by atoms with Crippen LogP contribution in [0, 0.1) is 0 Å². The van der Waals surface area contributed by atoms with Crippen molar-refractivity contribution in [2.24, 2.45) is 0 Å². The number of esters is 2. The van der Waals surface area contributed by atoms with Gasteiger partial charge in [0.2, 0.25) is 0 Å². The van der Waals surface area contributed by atoms with E-state index in [1.54, 1.807) is 0 Å². The van der Waals surface area contributed by atoms with E-state index in [1.165, 1.54) is 51.4 Å². The largest absolute Gasteiger partial charge is 0.469 e. The van der Waals surface area contributed by atoms with E-state index in [-0.39, 0.29) is 19.4 Å². The van der Waals surface area contributed by atoms with Crippen LogP contribution in [-0.2, 0) is 28.2 Å². The first-order valence-corrected chi connectivity index (χ1v) is 13.4. The SMILES string of the molecule is CCCCCCCCCCCCCC(=O)OC[C@H](COP(=O)(O)O)OC(=O)CCCC. The number of hydrogen-bond donors (Lipinski definition) is 2. The third kappa shape index (κ3) is 22.0. The number of ether oxygens (including phenoxy) is 2. The lowest BCUT2D eigenvalue weighted by Gasteiger charge is -2.18. The monoisotopic (exact) mass is 466 g/mol. The first-order valence-electron chi connectivity index (χ1n) is 11.8. The van der Waals surface area contributed by atoms with Crippen molar-refractivity contribution in [2.75, 3.05) is 13.2 Å². The van der Waals surface area contributed by atoms with Crippen molar-refractivity contribution < 1.29 is 37.9 Å². The Balaban J connectivity index is 3.94. The quantitative estimate of drug-likeness (QED) is 0.130. The first-order chi connectivity index (χ1) is 14.8. The molecule has 31 heavy (non-hydrogen) atoms. The molecule has 0 fully saturated rings. The van der Waals surface area contributed by atoms with Crippen molar-refractivity contribution in [3.05, 3.63) is 0 Å². The lowest BCUT2D eigenvalue weighted by molar-refractivity contribution is -0.161. The second-order valence-electron chi connectivity index (χ2n) is 7.97. The van der Waals surface area contributed by atoms with Crippen LogP contribution >= 0.6 is 7.82 Å². The maximum atomic E-state index is 11.9. The predicted molar refractivity (Wildman–Crippen MR) is 119 cm³/mol. The van der Waals surface area contributed by atoms with E-state index in [9.17, 15) is 14.2 Å². The molecule has 0 aromatic heterocycles. The Morgan fingerprint density at radius 3 is 1.71 bits per heavy atom. The minimum atomic E-state index is -4.70. The van der Waals surface area contributed by atoms with Gasteiger partial charge in [0.25, 0.3) is 0 Å². The molecular formula is C22H43O8P. The summed E-state index contributed by atoms with van der Waals surface area (Å²) in [4.78, 5) is 41.3. The second kappa shape index (κ2) is 19.7. The summed E-state index contributed by atoms with van der Waals surface area (Å²) in [5.41, 5.74) is 0. The van der Waals surface area contributed by atoms with Gasteiger partial charge in [-0.3, -0.25) is 14.1 Å². The molecule has 0 amide bonds. The fourth-order valence-corrected chi connectivity index (χ4v) is 3.41. The zero-order valence-corrected chi connectivity index (χ0v) is 20.3. The summed E-state index contributed by atoms with van der Waals surface area (Å²) in [5.74, 6) is -0.927. The summed E-state index contributed by atoms with van der Waals surface area (Å²) < 4.78 is 25.5. The van der Waals surface area contributed by atoms with Crippen molar-refractivity contribution in [1.29, 1.82) is 0 Å². The van der Waals surface area contributed by atoms with Crippen LogP contribution in [0.3, 0.4) is 0 Å². The Morgan fingerprint density at radius 1 is 0.710 bits per heavy atom. The Bertz CT molecular complexity index is 506. The van der Waals surface area contributed by atoms with E-state index in [1.807, 2.05) is 6.92 Å². The highest BCUT2D eigenvalue weighted by atomic mass is 31.2. The van der Waals surface area contributed by atoms with Gasteiger partial charge in [-0.2, -0.15) is 0 Å². The third-order valence-corrected chi connectivity index (χ3v) is 5.36. The molecule has 0 aliphatic heterocycles. The summed E-state index contributed by atoms with van der Waals surface area (Å²) in [6, 6.07) is 0. The van der Waals surface area contributed by atoms with Crippen molar-refractivity contribution in [3.63, 3.8) is 0 Å². The average Bonchev–Trinajstić information content (AvgIpc) is 2.71. The highest BCUT2D eigenvalue weighted by Gasteiger charge is 2.22. The van der Waals surface area contributed by atoms with Gasteiger partial charge in [-0.25, -0.2) is 4.57 Å². The third-order valence-electron chi connectivity index (χ3n) is 4.88. The van der Waals surface area contributed by atoms with Gasteiger partial charge in [0, 0.05) is 12.8 Å². The van der Waals surface area contributed by atoms with Crippen molar-refractivity contribution in [2.45, 2.75) is 116 Å². The summed E-state index contributed by atoms with van der Waals surface area (Å²) in [6.45, 7) is 3.33. The molecule has 0 aliphatic carbocycles. The zero-order chi connectivity index (χ0) is 23.4. The molecule has 184 valence electrons. The van der Waals surface area contributed by atoms with Crippen LogP contribution in [0.4, 0.5) is 0 Å². The Hall–Kier alpha value is -0.950. The number of carbonyl (C=O) groups excluding carboxylic acids is 2. The van der Waals surface area contributed by atoms with Crippen LogP contribution in [0.1, 0.15) is 110 Å². The van der Waals surface area contributed by atoms with Crippen molar-refractivity contribution >= 4 is 19.8 Å². The molecule has 0 spiro atoms. The van der Waals surface area contributed by atoms with E-state index in [0.717, 1.165) is 25.7 Å². The van der Waals surface area contributed by atoms with Crippen LogP contribution in [-0.4, -0.2) is 41.0 Å². The fraction of sp³-hybridized carbons (Fsp3) is 0.909. The second-order valence-corrected chi connectivity index (χ2v) is 9.21. The normalized spacial score (nSPS) is 12.5. The van der Waals surface area contributed by atoms with E-state index in [0.29, 0.717) is 6.42 Å². The van der Waals surface area contributed by atoms with Crippen LogP contribution < -0.4 is 0 Å². The van der Waals surface area contributed by atoms with Crippen LogP contribution in [0.15, 0.2) is 0 Å². The number of rotatable bonds is 21. The van der Waals surface area contributed by atoms with Crippen LogP contribution in [0.2, 0.25) is 0 Å². The van der Waals surface area contributed by atoms with E-state index in [4.69, 9.17) is 19.3 Å². The molecule has 0 unspecified atom stereocenters. The van der Waals surface area contributed by atoms with E-state index in [2.05, 4.69) is 11.4 Å². The summed E-state index contributed by atoms with van der Waals surface area (Å²) >= 11 is 0. The minimum absolute atomic E-state index is 0.190. The van der Waals surface area contributed by atoms with Crippen LogP contribution in [0.5, 0.6) is 0 Å². The number of carbonyl (C=O) groups is 2. The maximum Gasteiger partial charge on any atom is 0.469 e. The summed E-state index contributed by atoms with van der Waals surface area (Å²) in [7, 11) is -4.70. The molecule has 0 saturated carbocycles. The smallest absolute Gasteiger partial charge is 0.462 e. The van der Waals surface area contributed by atoms with E-state index < -0.39 is 32.5 Å². The molecule has 0 bridgehead atoms. The molecule has 0 heterocycles. The maximum absolute atomic E-state index is 11.9. The molecule has 2 N–H and O–H groups in total. The van der Waals surface area contributed by atoms with Gasteiger partial charge >= 0.3 is 19.8 Å². The van der Waals surface area contributed by atoms with Crippen molar-refractivity contribution in [1.82, 2.24) is 0 Å². The molecule has 0 aromatic carbocycles. The van der Waals surface area contributed by atoms with Gasteiger partial charge in [-0.05, 0) is 12.8 Å². The molecule has 0 aliphatic rings. The molecule has 8 nitrogen and oxygen atoms in total. The standard InChI is InChI=1S/C22H43O8P/c1-3-5-7-8-9-10-11-12-13-14-15-17-21(23)28-18-20(19-29-31(25,26)27)30-22(24)16-6-4-2/h20H,3-19H2,1-2H3,(H2,25,26,27)/t20-/m1/s1. The number of unbranched alkanes of at least 4 members (excludes halogenated alkanes) is 11. The molecule has 0 saturated heterocycles. The lowest BCUT2D eigenvalue weighted by atomic mass is 10.1. The number of phosphoric ester groups is 1. The molecular weight excluding hydrogens is 423 g/mol. The Kier molecular flexibility index (Phi) is 19.1. The van der Waals surface area contributed by atoms with Gasteiger partial charge in [0.15, 0.2) is 6.10 Å². The molecule has 0 rings (SSSR count).